The molecule has 96 valence electrons. The minimum absolute atomic E-state index is 0.188. The van der Waals surface area contributed by atoms with Gasteiger partial charge >= 0.3 is 0 Å². The first kappa shape index (κ1) is 13.7. The molecular formula is C12H14Br2N4. The summed E-state index contributed by atoms with van der Waals surface area (Å²) < 4.78 is 3.85. The second-order valence-electron chi connectivity index (χ2n) is 4.08. The second kappa shape index (κ2) is 5.50. The number of hydrogen-bond acceptors (Lipinski definition) is 3. The van der Waals surface area contributed by atoms with Crippen LogP contribution in [0.3, 0.4) is 0 Å². The van der Waals surface area contributed by atoms with Gasteiger partial charge < -0.3 is 5.32 Å². The second-order valence-corrected chi connectivity index (χ2v) is 5.85. The van der Waals surface area contributed by atoms with Gasteiger partial charge in [-0.3, -0.25) is 0 Å². The van der Waals surface area contributed by atoms with Gasteiger partial charge in [-0.05, 0) is 55.0 Å². The number of nitrogens with one attached hydrogen (secondary N) is 1. The van der Waals surface area contributed by atoms with Gasteiger partial charge in [-0.2, -0.15) is 0 Å². The zero-order valence-corrected chi connectivity index (χ0v) is 13.6. The number of nitrogens with zero attached hydrogens (tertiary/aromatic N) is 3. The molecule has 0 aliphatic rings. The molecule has 2 aromatic rings. The minimum atomic E-state index is 0.188. The first-order chi connectivity index (χ1) is 8.54. The monoisotopic (exact) mass is 372 g/mol. The van der Waals surface area contributed by atoms with E-state index in [1.165, 1.54) is 0 Å². The van der Waals surface area contributed by atoms with E-state index in [2.05, 4.69) is 54.4 Å². The first-order valence-electron chi connectivity index (χ1n) is 5.59. The Bertz CT molecular complexity index is 565. The number of halogens is 2. The van der Waals surface area contributed by atoms with Gasteiger partial charge in [-0.25, -0.2) is 4.68 Å². The van der Waals surface area contributed by atoms with Crippen molar-refractivity contribution in [3.63, 3.8) is 0 Å². The zero-order valence-electron chi connectivity index (χ0n) is 10.4. The van der Waals surface area contributed by atoms with Crippen molar-refractivity contribution in [1.29, 1.82) is 0 Å². The zero-order chi connectivity index (χ0) is 13.3. The van der Waals surface area contributed by atoms with Crippen LogP contribution >= 0.6 is 31.9 Å². The molecule has 0 aliphatic heterocycles. The molecule has 0 bridgehead atoms. The summed E-state index contributed by atoms with van der Waals surface area (Å²) in [5.41, 5.74) is 2.99. The molecule has 1 aromatic heterocycles. The topological polar surface area (TPSA) is 42.7 Å². The summed E-state index contributed by atoms with van der Waals surface area (Å²) in [7, 11) is 1.92. The highest BCUT2D eigenvalue weighted by atomic mass is 79.9. The van der Waals surface area contributed by atoms with Crippen LogP contribution in [-0.2, 0) is 0 Å². The first-order valence-corrected chi connectivity index (χ1v) is 7.18. The van der Waals surface area contributed by atoms with Gasteiger partial charge in [0, 0.05) is 8.95 Å². The summed E-state index contributed by atoms with van der Waals surface area (Å²) >= 11 is 6.99. The normalized spacial score (nSPS) is 12.7. The number of benzene rings is 1. The molecule has 0 fully saturated rings. The van der Waals surface area contributed by atoms with Gasteiger partial charge in [0.15, 0.2) is 0 Å². The average Bonchev–Trinajstić information content (AvgIpc) is 2.70. The summed E-state index contributed by atoms with van der Waals surface area (Å²) in [5, 5.41) is 11.6. The Balaban J connectivity index is 2.49. The van der Waals surface area contributed by atoms with E-state index in [4.69, 9.17) is 0 Å². The molecule has 0 saturated carbocycles. The quantitative estimate of drug-likeness (QED) is 0.896. The molecule has 1 heterocycles. The van der Waals surface area contributed by atoms with E-state index < -0.39 is 0 Å². The van der Waals surface area contributed by atoms with Crippen LogP contribution in [0.25, 0.3) is 5.69 Å². The Morgan fingerprint density at radius 1 is 1.33 bits per heavy atom. The Kier molecular flexibility index (Phi) is 4.19. The highest BCUT2D eigenvalue weighted by Gasteiger charge is 2.16. The smallest absolute Gasteiger partial charge is 0.103 e. The van der Waals surface area contributed by atoms with E-state index in [0.717, 1.165) is 26.0 Å². The Morgan fingerprint density at radius 2 is 2.06 bits per heavy atom. The fourth-order valence-electron chi connectivity index (χ4n) is 1.76. The predicted octanol–water partition coefficient (Wildman–Crippen LogP) is 3.38. The molecule has 0 spiro atoms. The van der Waals surface area contributed by atoms with Gasteiger partial charge in [-0.1, -0.05) is 21.1 Å². The van der Waals surface area contributed by atoms with Gasteiger partial charge in [0.1, 0.15) is 5.69 Å². The van der Waals surface area contributed by atoms with Crippen molar-refractivity contribution in [2.45, 2.75) is 19.9 Å². The van der Waals surface area contributed by atoms with Crippen molar-refractivity contribution in [3.8, 4) is 5.69 Å². The predicted molar refractivity (Wildman–Crippen MR) is 79.0 cm³/mol. The van der Waals surface area contributed by atoms with Gasteiger partial charge in [-0.15, -0.1) is 5.10 Å². The van der Waals surface area contributed by atoms with E-state index in [0.29, 0.717) is 0 Å². The van der Waals surface area contributed by atoms with Crippen molar-refractivity contribution in [2.75, 3.05) is 7.05 Å². The van der Waals surface area contributed by atoms with Crippen LogP contribution in [0.15, 0.2) is 27.1 Å². The lowest BCUT2D eigenvalue weighted by molar-refractivity contribution is 0.627. The third kappa shape index (κ3) is 2.50. The third-order valence-electron chi connectivity index (χ3n) is 2.91. The Morgan fingerprint density at radius 3 is 2.67 bits per heavy atom. The average molecular weight is 374 g/mol. The Hall–Kier alpha value is -0.720. The Labute approximate surface area is 123 Å². The van der Waals surface area contributed by atoms with Crippen LogP contribution in [0, 0.1) is 6.92 Å². The molecule has 0 saturated heterocycles. The van der Waals surface area contributed by atoms with Crippen LogP contribution in [-0.4, -0.2) is 22.0 Å². The number of hydrogen-bond donors (Lipinski definition) is 1. The summed E-state index contributed by atoms with van der Waals surface area (Å²) in [6.45, 7) is 4.09. The fourth-order valence-corrected chi connectivity index (χ4v) is 2.97. The molecule has 1 unspecified atom stereocenters. The minimum Gasteiger partial charge on any atom is -0.312 e. The maximum Gasteiger partial charge on any atom is 0.103 e. The van der Waals surface area contributed by atoms with Crippen molar-refractivity contribution >= 4 is 31.9 Å². The van der Waals surface area contributed by atoms with Crippen LogP contribution in [0.4, 0.5) is 0 Å². The largest absolute Gasteiger partial charge is 0.312 e. The lowest BCUT2D eigenvalue weighted by Crippen LogP contribution is -2.14. The van der Waals surface area contributed by atoms with E-state index in [1.807, 2.05) is 36.9 Å². The lowest BCUT2D eigenvalue weighted by Gasteiger charge is -2.09. The number of aromatic nitrogens is 3. The SMILES string of the molecule is CNC(C)c1nnn(-c2ccc(Br)cc2Br)c1C. The molecule has 4 nitrogen and oxygen atoms in total. The molecular weight excluding hydrogens is 360 g/mol. The van der Waals surface area contributed by atoms with Gasteiger partial charge in [0.05, 0.1) is 17.4 Å². The fraction of sp³-hybridized carbons (Fsp3) is 0.333. The van der Waals surface area contributed by atoms with Gasteiger partial charge in [0.25, 0.3) is 0 Å². The molecule has 18 heavy (non-hydrogen) atoms. The molecule has 1 N–H and O–H groups in total. The standard InChI is InChI=1S/C12H14Br2N4/c1-7(15-3)12-8(2)18(17-16-12)11-5-4-9(13)6-10(11)14/h4-7,15H,1-3H3. The lowest BCUT2D eigenvalue weighted by atomic mass is 10.2. The van der Waals surface area contributed by atoms with Crippen molar-refractivity contribution < 1.29 is 0 Å². The highest BCUT2D eigenvalue weighted by Crippen LogP contribution is 2.26. The molecule has 1 atom stereocenters. The summed E-state index contributed by atoms with van der Waals surface area (Å²) in [6, 6.07) is 6.18. The van der Waals surface area contributed by atoms with Crippen LogP contribution < -0.4 is 5.32 Å². The van der Waals surface area contributed by atoms with Crippen LogP contribution in [0.5, 0.6) is 0 Å². The van der Waals surface area contributed by atoms with Crippen LogP contribution in [0.1, 0.15) is 24.4 Å². The van der Waals surface area contributed by atoms with Gasteiger partial charge in [0.2, 0.25) is 0 Å². The van der Waals surface area contributed by atoms with E-state index in [9.17, 15) is 0 Å². The molecule has 6 heteroatoms. The summed E-state index contributed by atoms with van der Waals surface area (Å²) in [4.78, 5) is 0. The number of rotatable bonds is 3. The molecule has 2 rings (SSSR count). The molecule has 0 radical (unpaired) electrons. The summed E-state index contributed by atoms with van der Waals surface area (Å²) in [6.07, 6.45) is 0. The maximum absolute atomic E-state index is 4.24. The van der Waals surface area contributed by atoms with Crippen LogP contribution in [0.2, 0.25) is 0 Å². The van der Waals surface area contributed by atoms with Crippen molar-refractivity contribution in [1.82, 2.24) is 20.3 Å². The molecule has 0 aliphatic carbocycles. The molecule has 1 aromatic carbocycles. The summed E-state index contributed by atoms with van der Waals surface area (Å²) in [5.74, 6) is 0. The van der Waals surface area contributed by atoms with E-state index in [1.54, 1.807) is 0 Å². The van der Waals surface area contributed by atoms with E-state index in [-0.39, 0.29) is 6.04 Å². The maximum atomic E-state index is 4.24. The molecule has 0 amide bonds. The highest BCUT2D eigenvalue weighted by molar-refractivity contribution is 9.11. The van der Waals surface area contributed by atoms with Crippen molar-refractivity contribution in [2.24, 2.45) is 0 Å². The van der Waals surface area contributed by atoms with E-state index >= 15 is 0 Å². The van der Waals surface area contributed by atoms with Crippen molar-refractivity contribution in [3.05, 3.63) is 38.5 Å². The third-order valence-corrected chi connectivity index (χ3v) is 4.04.